The number of carbonyl (C=O) groups is 1. The lowest BCUT2D eigenvalue weighted by molar-refractivity contribution is -0.131. The number of halogens is 2. The van der Waals surface area contributed by atoms with Crippen molar-refractivity contribution in [2.75, 3.05) is 6.61 Å². The first-order chi connectivity index (χ1) is 14.5. The summed E-state index contributed by atoms with van der Waals surface area (Å²) in [4.78, 5) is 11.2. The molecular formula is C22H21Cl2N3O3. The molecule has 0 bridgehead atoms. The van der Waals surface area contributed by atoms with Gasteiger partial charge in [-0.3, -0.25) is 0 Å². The SMILES string of the molecule is O=C(O)/C=C1\CCc2c(-c3cnn(C4CCCCO4)c3)c3ccc(Cl)c(Cl)c3n2C1. The predicted octanol–water partition coefficient (Wildman–Crippen LogP) is 5.47. The second-order valence-corrected chi connectivity index (χ2v) is 8.62. The molecule has 2 aliphatic heterocycles. The average molecular weight is 446 g/mol. The number of allylic oxidation sites excluding steroid dienone is 1. The van der Waals surface area contributed by atoms with E-state index in [2.05, 4.69) is 9.67 Å². The fraction of sp³-hybridized carbons (Fsp3) is 0.364. The minimum Gasteiger partial charge on any atom is -0.478 e. The normalized spacial score (nSPS) is 20.6. The molecule has 156 valence electrons. The van der Waals surface area contributed by atoms with E-state index in [9.17, 15) is 9.90 Å². The van der Waals surface area contributed by atoms with Crippen molar-refractivity contribution in [1.29, 1.82) is 0 Å². The fourth-order valence-electron chi connectivity index (χ4n) is 4.60. The zero-order valence-corrected chi connectivity index (χ0v) is 17.8. The number of benzene rings is 1. The van der Waals surface area contributed by atoms with Crippen LogP contribution in [0.2, 0.25) is 10.0 Å². The van der Waals surface area contributed by atoms with Gasteiger partial charge in [0.15, 0.2) is 0 Å². The quantitative estimate of drug-likeness (QED) is 0.542. The van der Waals surface area contributed by atoms with E-state index < -0.39 is 5.97 Å². The van der Waals surface area contributed by atoms with Gasteiger partial charge in [0, 0.05) is 47.6 Å². The molecule has 5 rings (SSSR count). The summed E-state index contributed by atoms with van der Waals surface area (Å²) < 4.78 is 9.88. The number of ether oxygens (including phenoxy) is 1. The highest BCUT2D eigenvalue weighted by molar-refractivity contribution is 6.45. The molecule has 1 aromatic carbocycles. The lowest BCUT2D eigenvalue weighted by atomic mass is 9.98. The summed E-state index contributed by atoms with van der Waals surface area (Å²) in [5.41, 5.74) is 4.92. The van der Waals surface area contributed by atoms with Gasteiger partial charge in [-0.2, -0.15) is 5.10 Å². The van der Waals surface area contributed by atoms with Crippen LogP contribution >= 0.6 is 23.2 Å². The minimum absolute atomic E-state index is 0.0275. The Kier molecular flexibility index (Phi) is 5.09. The van der Waals surface area contributed by atoms with Gasteiger partial charge in [0.05, 0.1) is 21.8 Å². The summed E-state index contributed by atoms with van der Waals surface area (Å²) in [6.45, 7) is 1.25. The number of aromatic nitrogens is 3. The maximum Gasteiger partial charge on any atom is 0.328 e. The predicted molar refractivity (Wildman–Crippen MR) is 116 cm³/mol. The van der Waals surface area contributed by atoms with Gasteiger partial charge in [0.1, 0.15) is 6.23 Å². The van der Waals surface area contributed by atoms with E-state index in [4.69, 9.17) is 27.9 Å². The molecule has 2 aliphatic rings. The molecule has 30 heavy (non-hydrogen) atoms. The van der Waals surface area contributed by atoms with Crippen LogP contribution in [0.4, 0.5) is 0 Å². The van der Waals surface area contributed by atoms with Crippen LogP contribution in [0.25, 0.3) is 22.0 Å². The molecule has 1 unspecified atom stereocenters. The zero-order chi connectivity index (χ0) is 20.8. The number of carboxylic acids is 1. The van der Waals surface area contributed by atoms with E-state index in [0.717, 1.165) is 65.6 Å². The van der Waals surface area contributed by atoms with Crippen LogP contribution < -0.4 is 0 Å². The average Bonchev–Trinajstić information content (AvgIpc) is 3.33. The van der Waals surface area contributed by atoms with E-state index >= 15 is 0 Å². The van der Waals surface area contributed by atoms with Crippen LogP contribution in [0.15, 0.2) is 36.2 Å². The summed E-state index contributed by atoms with van der Waals surface area (Å²) in [7, 11) is 0. The molecule has 0 saturated carbocycles. The van der Waals surface area contributed by atoms with Gasteiger partial charge >= 0.3 is 5.97 Å². The first-order valence-corrected chi connectivity index (χ1v) is 10.9. The number of aliphatic carboxylic acids is 1. The number of rotatable bonds is 3. The number of nitrogens with zero attached hydrogens (tertiary/aromatic N) is 3. The fourth-order valence-corrected chi connectivity index (χ4v) is 5.02. The number of hydrogen-bond donors (Lipinski definition) is 1. The van der Waals surface area contributed by atoms with Crippen LogP contribution in [0, 0.1) is 0 Å². The van der Waals surface area contributed by atoms with Gasteiger partial charge < -0.3 is 14.4 Å². The molecule has 1 saturated heterocycles. The second kappa shape index (κ2) is 7.76. The van der Waals surface area contributed by atoms with Gasteiger partial charge in [0.2, 0.25) is 0 Å². The first kappa shape index (κ1) is 19.7. The lowest BCUT2D eigenvalue weighted by Crippen LogP contribution is -2.18. The maximum atomic E-state index is 11.2. The van der Waals surface area contributed by atoms with E-state index in [1.165, 1.54) is 6.08 Å². The molecular weight excluding hydrogens is 425 g/mol. The van der Waals surface area contributed by atoms with Gasteiger partial charge in [-0.1, -0.05) is 29.3 Å². The van der Waals surface area contributed by atoms with Crippen molar-refractivity contribution in [2.45, 2.75) is 44.9 Å². The third kappa shape index (κ3) is 3.33. The standard InChI is InChI=1S/C22H21Cl2N3O3/c23-16-6-5-15-20(14-10-25-27(12-14)18-3-1-2-8-30-18)17-7-4-13(9-19(28)29)11-26(17)22(15)21(16)24/h5-6,9-10,12,18H,1-4,7-8,11H2,(H,28,29)/b13-9+. The molecule has 0 spiro atoms. The number of fused-ring (bicyclic) bond motifs is 3. The summed E-state index contributed by atoms with van der Waals surface area (Å²) in [5.74, 6) is -0.928. The molecule has 0 amide bonds. The highest BCUT2D eigenvalue weighted by Crippen LogP contribution is 2.43. The van der Waals surface area contributed by atoms with Crippen molar-refractivity contribution in [2.24, 2.45) is 0 Å². The van der Waals surface area contributed by atoms with Crippen molar-refractivity contribution in [3.05, 3.63) is 51.9 Å². The van der Waals surface area contributed by atoms with Crippen LogP contribution in [0.1, 0.15) is 37.6 Å². The minimum atomic E-state index is -0.928. The largest absolute Gasteiger partial charge is 0.478 e. The van der Waals surface area contributed by atoms with E-state index in [0.29, 0.717) is 23.0 Å². The van der Waals surface area contributed by atoms with Crippen molar-refractivity contribution < 1.29 is 14.6 Å². The Labute approximate surface area is 183 Å². The number of carboxylic acid groups (broad SMARTS) is 1. The Balaban J connectivity index is 1.66. The number of hydrogen-bond acceptors (Lipinski definition) is 3. The molecule has 1 fully saturated rings. The molecule has 0 radical (unpaired) electrons. The van der Waals surface area contributed by atoms with Crippen molar-refractivity contribution in [3.63, 3.8) is 0 Å². The third-order valence-corrected chi connectivity index (χ3v) is 6.73. The van der Waals surface area contributed by atoms with Gasteiger partial charge in [-0.15, -0.1) is 0 Å². The van der Waals surface area contributed by atoms with Crippen LogP contribution in [-0.2, 0) is 22.5 Å². The lowest BCUT2D eigenvalue weighted by Gasteiger charge is -2.22. The highest BCUT2D eigenvalue weighted by atomic mass is 35.5. The molecule has 4 heterocycles. The molecule has 0 aliphatic carbocycles. The van der Waals surface area contributed by atoms with E-state index in [1.54, 1.807) is 0 Å². The van der Waals surface area contributed by atoms with Crippen molar-refractivity contribution in [3.8, 4) is 11.1 Å². The summed E-state index contributed by atoms with van der Waals surface area (Å²) in [6, 6.07) is 3.80. The summed E-state index contributed by atoms with van der Waals surface area (Å²) in [6.07, 6.45) is 9.79. The van der Waals surface area contributed by atoms with Crippen LogP contribution in [0.3, 0.4) is 0 Å². The van der Waals surface area contributed by atoms with Crippen LogP contribution in [-0.4, -0.2) is 32.0 Å². The van der Waals surface area contributed by atoms with Gasteiger partial charge in [-0.25, -0.2) is 9.48 Å². The van der Waals surface area contributed by atoms with Crippen molar-refractivity contribution in [1.82, 2.24) is 14.3 Å². The van der Waals surface area contributed by atoms with Crippen LogP contribution in [0.5, 0.6) is 0 Å². The topological polar surface area (TPSA) is 69.3 Å². The molecule has 6 nitrogen and oxygen atoms in total. The highest BCUT2D eigenvalue weighted by Gasteiger charge is 2.27. The molecule has 1 atom stereocenters. The molecule has 8 heteroatoms. The Hall–Kier alpha value is -2.28. The Morgan fingerprint density at radius 1 is 1.27 bits per heavy atom. The Morgan fingerprint density at radius 3 is 2.90 bits per heavy atom. The Morgan fingerprint density at radius 2 is 2.13 bits per heavy atom. The summed E-state index contributed by atoms with van der Waals surface area (Å²) in [5, 5.41) is 15.7. The van der Waals surface area contributed by atoms with Crippen molar-refractivity contribution >= 4 is 40.1 Å². The molecule has 2 aromatic heterocycles. The molecule has 1 N–H and O–H groups in total. The third-order valence-electron chi connectivity index (χ3n) is 5.94. The van der Waals surface area contributed by atoms with E-state index in [-0.39, 0.29) is 6.23 Å². The maximum absolute atomic E-state index is 11.2. The zero-order valence-electron chi connectivity index (χ0n) is 16.3. The first-order valence-electron chi connectivity index (χ1n) is 10.1. The van der Waals surface area contributed by atoms with Gasteiger partial charge in [-0.05, 0) is 43.7 Å². The Bertz CT molecular complexity index is 1170. The monoisotopic (exact) mass is 445 g/mol. The van der Waals surface area contributed by atoms with Gasteiger partial charge in [0.25, 0.3) is 0 Å². The second-order valence-electron chi connectivity index (χ2n) is 7.84. The summed E-state index contributed by atoms with van der Waals surface area (Å²) >= 11 is 12.9. The smallest absolute Gasteiger partial charge is 0.328 e. The van der Waals surface area contributed by atoms with E-state index in [1.807, 2.05) is 29.2 Å². The molecule has 3 aromatic rings.